The van der Waals surface area contributed by atoms with Gasteiger partial charge in [0.05, 0.1) is 5.56 Å². The van der Waals surface area contributed by atoms with Gasteiger partial charge in [-0.05, 0) is 35.4 Å². The third-order valence-corrected chi connectivity index (χ3v) is 4.69. The van der Waals surface area contributed by atoms with Crippen molar-refractivity contribution >= 4 is 6.02 Å². The molecule has 3 heterocycles. The number of nitrogens with zero attached hydrogens (tertiary/aromatic N) is 2. The molecule has 0 saturated carbocycles. The molecule has 0 fully saturated rings. The van der Waals surface area contributed by atoms with Crippen molar-refractivity contribution in [1.82, 2.24) is 4.98 Å². The highest BCUT2D eigenvalue weighted by molar-refractivity contribution is 5.77. The zero-order chi connectivity index (χ0) is 16.9. The van der Waals surface area contributed by atoms with Crippen LogP contribution >= 0.6 is 0 Å². The van der Waals surface area contributed by atoms with Gasteiger partial charge in [-0.1, -0.05) is 36.4 Å². The van der Waals surface area contributed by atoms with Gasteiger partial charge in [0.1, 0.15) is 12.4 Å². The molecular weight excluding hydrogens is 314 g/mol. The Labute approximate surface area is 144 Å². The summed E-state index contributed by atoms with van der Waals surface area (Å²) in [6.07, 6.45) is 1.71. The number of rotatable bonds is 1. The van der Waals surface area contributed by atoms with Crippen LogP contribution in [0.5, 0.6) is 11.6 Å². The van der Waals surface area contributed by atoms with Gasteiger partial charge in [0.15, 0.2) is 5.54 Å². The molecule has 5 heteroatoms. The Bertz CT molecular complexity index is 1000. The molecule has 1 atom stereocenters. The number of benzene rings is 2. The molecule has 0 bridgehead atoms. The summed E-state index contributed by atoms with van der Waals surface area (Å²) in [4.78, 5) is 9.00. The van der Waals surface area contributed by atoms with Crippen LogP contribution in [0.3, 0.4) is 0 Å². The zero-order valence-electron chi connectivity index (χ0n) is 13.3. The molecule has 0 amide bonds. The summed E-state index contributed by atoms with van der Waals surface area (Å²) in [7, 11) is 0. The highest BCUT2D eigenvalue weighted by Crippen LogP contribution is 2.50. The Balaban J connectivity index is 1.75. The summed E-state index contributed by atoms with van der Waals surface area (Å²) in [6.45, 7) is 0.339. The average Bonchev–Trinajstić information content (AvgIpc) is 3.05. The zero-order valence-corrected chi connectivity index (χ0v) is 13.3. The molecule has 0 aliphatic carbocycles. The van der Waals surface area contributed by atoms with Gasteiger partial charge in [0, 0.05) is 11.8 Å². The fraction of sp³-hybridized carbons (Fsp3) is 0.100. The Hall–Kier alpha value is -3.34. The molecule has 1 aromatic heterocycles. The lowest BCUT2D eigenvalue weighted by Crippen LogP contribution is -2.31. The van der Waals surface area contributed by atoms with E-state index < -0.39 is 5.54 Å². The summed E-state index contributed by atoms with van der Waals surface area (Å²) in [6, 6.07) is 20.3. The van der Waals surface area contributed by atoms with Crippen LogP contribution in [-0.2, 0) is 10.3 Å². The van der Waals surface area contributed by atoms with Gasteiger partial charge in [0.2, 0.25) is 5.88 Å². The second kappa shape index (κ2) is 5.08. The first kappa shape index (κ1) is 14.0. The van der Waals surface area contributed by atoms with Crippen LogP contribution in [0, 0.1) is 0 Å². The number of fused-ring (bicyclic) bond motifs is 4. The van der Waals surface area contributed by atoms with Crippen molar-refractivity contribution in [2.45, 2.75) is 5.54 Å². The van der Waals surface area contributed by atoms with Crippen molar-refractivity contribution in [2.75, 3.05) is 6.61 Å². The van der Waals surface area contributed by atoms with E-state index in [1.54, 1.807) is 6.20 Å². The second-order valence-electron chi connectivity index (χ2n) is 6.13. The largest absolute Gasteiger partial charge is 0.462 e. The van der Waals surface area contributed by atoms with Crippen molar-refractivity contribution in [1.29, 1.82) is 0 Å². The summed E-state index contributed by atoms with van der Waals surface area (Å²) < 4.78 is 11.6. The second-order valence-corrected chi connectivity index (χ2v) is 6.13. The number of aliphatic imine (C=N–C) groups is 1. The van der Waals surface area contributed by atoms with E-state index in [4.69, 9.17) is 15.2 Å². The van der Waals surface area contributed by atoms with E-state index >= 15 is 0 Å². The number of nitrogens with two attached hydrogens (primary N) is 1. The molecule has 0 unspecified atom stereocenters. The molecule has 2 N–H and O–H groups in total. The van der Waals surface area contributed by atoms with E-state index in [9.17, 15) is 0 Å². The van der Waals surface area contributed by atoms with E-state index in [1.165, 1.54) is 0 Å². The summed E-state index contributed by atoms with van der Waals surface area (Å²) in [5.74, 6) is 1.28. The molecule has 25 heavy (non-hydrogen) atoms. The van der Waals surface area contributed by atoms with E-state index in [2.05, 4.69) is 28.2 Å². The Morgan fingerprint density at radius 3 is 2.60 bits per heavy atom. The number of ether oxygens (including phenoxy) is 2. The Morgan fingerprint density at radius 1 is 0.920 bits per heavy atom. The highest BCUT2D eigenvalue weighted by atomic mass is 16.5. The minimum Gasteiger partial charge on any atom is -0.462 e. The quantitative estimate of drug-likeness (QED) is 0.742. The number of aromatic nitrogens is 1. The third kappa shape index (κ3) is 2.02. The first-order valence-electron chi connectivity index (χ1n) is 8.08. The van der Waals surface area contributed by atoms with E-state index in [0.717, 1.165) is 28.0 Å². The smallest absolute Gasteiger partial charge is 0.283 e. The van der Waals surface area contributed by atoms with Gasteiger partial charge in [-0.2, -0.15) is 0 Å². The molecule has 3 aromatic rings. The number of pyridine rings is 1. The molecule has 2 aliphatic rings. The van der Waals surface area contributed by atoms with Gasteiger partial charge in [0.25, 0.3) is 6.02 Å². The maximum atomic E-state index is 6.01. The van der Waals surface area contributed by atoms with Gasteiger partial charge >= 0.3 is 0 Å². The van der Waals surface area contributed by atoms with Gasteiger partial charge < -0.3 is 15.2 Å². The monoisotopic (exact) mass is 329 g/mol. The third-order valence-electron chi connectivity index (χ3n) is 4.69. The van der Waals surface area contributed by atoms with Crippen LogP contribution in [0.25, 0.3) is 11.1 Å². The van der Waals surface area contributed by atoms with Crippen molar-refractivity contribution in [2.24, 2.45) is 10.7 Å². The molecular formula is C20H15N3O2. The molecule has 2 aliphatic heterocycles. The molecule has 0 saturated heterocycles. The minimum atomic E-state index is -0.716. The number of hydrogen-bond donors (Lipinski definition) is 1. The van der Waals surface area contributed by atoms with Gasteiger partial charge in [-0.25, -0.2) is 9.98 Å². The number of hydrogen-bond acceptors (Lipinski definition) is 5. The standard InChI is InChI=1S/C20H15N3O2/c21-19-23-20(12-24-19)15-7-4-10-22-18(15)25-17-9-8-14(11-16(17)20)13-5-2-1-3-6-13/h1-11H,12H2,(H2,21,23)/t20-/m0/s1. The minimum absolute atomic E-state index is 0.188. The van der Waals surface area contributed by atoms with E-state index in [1.807, 2.05) is 42.5 Å². The van der Waals surface area contributed by atoms with Crippen LogP contribution in [0.4, 0.5) is 0 Å². The van der Waals surface area contributed by atoms with Crippen LogP contribution < -0.4 is 10.5 Å². The fourth-order valence-electron chi connectivity index (χ4n) is 3.50. The van der Waals surface area contributed by atoms with Gasteiger partial charge in [-0.3, -0.25) is 0 Å². The SMILES string of the molecule is NC1=N[C@]2(CO1)c1cc(-c3ccccc3)ccc1Oc1ncccc12. The van der Waals surface area contributed by atoms with Crippen molar-refractivity contribution in [3.05, 3.63) is 78.0 Å². The molecule has 2 aromatic carbocycles. The topological polar surface area (TPSA) is 69.7 Å². The predicted molar refractivity (Wildman–Crippen MR) is 94.5 cm³/mol. The van der Waals surface area contributed by atoms with E-state index in [-0.39, 0.29) is 6.02 Å². The van der Waals surface area contributed by atoms with Gasteiger partial charge in [-0.15, -0.1) is 0 Å². The molecule has 5 rings (SSSR count). The van der Waals surface area contributed by atoms with Crippen LogP contribution in [0.2, 0.25) is 0 Å². The van der Waals surface area contributed by atoms with Crippen molar-refractivity contribution in [3.8, 4) is 22.8 Å². The summed E-state index contributed by atoms with van der Waals surface area (Å²) >= 11 is 0. The normalized spacial score (nSPS) is 20.2. The van der Waals surface area contributed by atoms with Crippen LogP contribution in [-0.4, -0.2) is 17.6 Å². The Morgan fingerprint density at radius 2 is 1.80 bits per heavy atom. The highest BCUT2D eigenvalue weighted by Gasteiger charge is 2.47. The lowest BCUT2D eigenvalue weighted by atomic mass is 9.81. The summed E-state index contributed by atoms with van der Waals surface area (Å²) in [5.41, 5.74) is 9.19. The maximum absolute atomic E-state index is 6.01. The molecule has 0 radical (unpaired) electrons. The first-order valence-corrected chi connectivity index (χ1v) is 8.08. The molecule has 1 spiro atoms. The van der Waals surface area contributed by atoms with Crippen molar-refractivity contribution in [3.63, 3.8) is 0 Å². The maximum Gasteiger partial charge on any atom is 0.283 e. The predicted octanol–water partition coefficient (Wildman–Crippen LogP) is 3.44. The van der Waals surface area contributed by atoms with Crippen molar-refractivity contribution < 1.29 is 9.47 Å². The lowest BCUT2D eigenvalue weighted by Gasteiger charge is -2.32. The first-order chi connectivity index (χ1) is 12.3. The molecule has 122 valence electrons. The van der Waals surface area contributed by atoms with Crippen LogP contribution in [0.1, 0.15) is 11.1 Å². The van der Waals surface area contributed by atoms with Crippen LogP contribution in [0.15, 0.2) is 71.9 Å². The molecule has 5 nitrogen and oxygen atoms in total. The summed E-state index contributed by atoms with van der Waals surface area (Å²) in [5, 5.41) is 0. The fourth-order valence-corrected chi connectivity index (χ4v) is 3.50. The number of amidine groups is 1. The van der Waals surface area contributed by atoms with E-state index in [0.29, 0.717) is 12.5 Å². The Kier molecular flexibility index (Phi) is 2.85. The average molecular weight is 329 g/mol. The lowest BCUT2D eigenvalue weighted by molar-refractivity contribution is 0.262.